The first-order valence-corrected chi connectivity index (χ1v) is 7.56. The summed E-state index contributed by atoms with van der Waals surface area (Å²) < 4.78 is 4.73. The predicted molar refractivity (Wildman–Crippen MR) is 85.7 cm³/mol. The molecule has 1 fully saturated rings. The molecular weight excluding hydrogens is 278 g/mol. The number of piperazine rings is 1. The molecule has 1 aromatic heterocycles. The van der Waals surface area contributed by atoms with Crippen LogP contribution in [0.3, 0.4) is 0 Å². The summed E-state index contributed by atoms with van der Waals surface area (Å²) in [5.74, 6) is 5.76. The van der Waals surface area contributed by atoms with E-state index in [2.05, 4.69) is 33.7 Å². The molecule has 0 aliphatic carbocycles. The second-order valence-corrected chi connectivity index (χ2v) is 5.55. The number of nitrogens with zero attached hydrogens (tertiary/aromatic N) is 3. The highest BCUT2D eigenvalue weighted by Crippen LogP contribution is 2.07. The summed E-state index contributed by atoms with van der Waals surface area (Å²) in [5, 5.41) is 0. The van der Waals surface area contributed by atoms with Crippen LogP contribution in [0.15, 0.2) is 12.1 Å². The number of rotatable bonds is 3. The van der Waals surface area contributed by atoms with Gasteiger partial charge in [0, 0.05) is 39.1 Å². The van der Waals surface area contributed by atoms with Gasteiger partial charge in [-0.15, -0.1) is 0 Å². The number of aryl methyl sites for hydroxylation is 1. The molecule has 0 spiro atoms. The molecule has 0 amide bonds. The maximum atomic E-state index is 11.6. The largest absolute Gasteiger partial charge is 0.464 e. The number of methoxy groups -OCH3 is 1. The van der Waals surface area contributed by atoms with Gasteiger partial charge in [0.1, 0.15) is 5.69 Å². The second kappa shape index (κ2) is 7.92. The molecule has 118 valence electrons. The first kappa shape index (κ1) is 16.5. The van der Waals surface area contributed by atoms with Gasteiger partial charge in [-0.1, -0.05) is 12.0 Å². The van der Waals surface area contributed by atoms with Gasteiger partial charge < -0.3 is 9.64 Å². The molecular formula is C17H23N3O2. The van der Waals surface area contributed by atoms with Crippen LogP contribution in [0.5, 0.6) is 0 Å². The van der Waals surface area contributed by atoms with Crippen molar-refractivity contribution < 1.29 is 9.53 Å². The van der Waals surface area contributed by atoms with E-state index in [0.29, 0.717) is 11.4 Å². The number of carbonyl (C=O) groups excluding carboxylic acids is 1. The van der Waals surface area contributed by atoms with Crippen LogP contribution in [0, 0.1) is 18.8 Å². The van der Waals surface area contributed by atoms with Crippen molar-refractivity contribution in [1.29, 1.82) is 0 Å². The van der Waals surface area contributed by atoms with Gasteiger partial charge in [0.15, 0.2) is 5.69 Å². The van der Waals surface area contributed by atoms with Gasteiger partial charge in [0.25, 0.3) is 0 Å². The molecule has 1 aromatic rings. The lowest BCUT2D eigenvalue weighted by Gasteiger charge is -2.31. The molecule has 0 unspecified atom stereocenters. The number of hydrogen-bond acceptors (Lipinski definition) is 5. The molecule has 0 atom stereocenters. The van der Waals surface area contributed by atoms with Crippen LogP contribution in [0.1, 0.15) is 28.2 Å². The number of aromatic nitrogens is 1. The summed E-state index contributed by atoms with van der Waals surface area (Å²) in [6, 6.07) is 3.69. The summed E-state index contributed by atoms with van der Waals surface area (Å²) in [6.07, 6.45) is 0.812. The van der Waals surface area contributed by atoms with E-state index in [1.54, 1.807) is 0 Å². The highest BCUT2D eigenvalue weighted by molar-refractivity contribution is 5.88. The fourth-order valence-electron chi connectivity index (χ4n) is 2.34. The van der Waals surface area contributed by atoms with E-state index in [-0.39, 0.29) is 0 Å². The predicted octanol–water partition coefficient (Wildman–Crippen LogP) is 1.17. The molecule has 2 heterocycles. The molecule has 0 aromatic carbocycles. The van der Waals surface area contributed by atoms with E-state index >= 15 is 0 Å². The van der Waals surface area contributed by atoms with Crippen molar-refractivity contribution in [3.05, 3.63) is 29.1 Å². The molecule has 1 aliphatic heterocycles. The number of pyridine rings is 1. The number of esters is 1. The lowest BCUT2D eigenvalue weighted by atomic mass is 10.2. The number of ether oxygens (including phenoxy) is 1. The monoisotopic (exact) mass is 301 g/mol. The van der Waals surface area contributed by atoms with Gasteiger partial charge >= 0.3 is 5.97 Å². The third kappa shape index (κ3) is 4.55. The molecule has 2 rings (SSSR count). The Balaban J connectivity index is 1.90. The zero-order valence-corrected chi connectivity index (χ0v) is 13.6. The van der Waals surface area contributed by atoms with E-state index in [4.69, 9.17) is 4.74 Å². The standard InChI is InChI=1S/C17H23N3O2/c1-14-7-8-15(18-16(14)17(21)22-3)6-4-5-9-20-12-10-19(2)11-13-20/h7-8H,5,9-13H2,1-3H3. The summed E-state index contributed by atoms with van der Waals surface area (Å²) in [5.41, 5.74) is 1.76. The first-order chi connectivity index (χ1) is 10.6. The Bertz CT molecular complexity index is 581. The van der Waals surface area contributed by atoms with Crippen molar-refractivity contribution >= 4 is 5.97 Å². The molecule has 0 bridgehead atoms. The van der Waals surface area contributed by atoms with Gasteiger partial charge in [0.05, 0.1) is 7.11 Å². The SMILES string of the molecule is COC(=O)c1nc(C#CCCN2CCN(C)CC2)ccc1C. The number of carbonyl (C=O) groups is 1. The Morgan fingerprint density at radius 3 is 2.73 bits per heavy atom. The second-order valence-electron chi connectivity index (χ2n) is 5.55. The molecule has 0 N–H and O–H groups in total. The summed E-state index contributed by atoms with van der Waals surface area (Å²) in [6.45, 7) is 7.27. The average molecular weight is 301 g/mol. The summed E-state index contributed by atoms with van der Waals surface area (Å²) in [7, 11) is 3.51. The lowest BCUT2D eigenvalue weighted by Crippen LogP contribution is -2.44. The van der Waals surface area contributed by atoms with Crippen LogP contribution in [0.2, 0.25) is 0 Å². The maximum Gasteiger partial charge on any atom is 0.356 e. The van der Waals surface area contributed by atoms with Crippen molar-refractivity contribution in [1.82, 2.24) is 14.8 Å². The minimum atomic E-state index is -0.418. The molecule has 22 heavy (non-hydrogen) atoms. The normalized spacial score (nSPS) is 16.0. The van der Waals surface area contributed by atoms with Crippen molar-refractivity contribution in [2.24, 2.45) is 0 Å². The Morgan fingerprint density at radius 1 is 1.32 bits per heavy atom. The summed E-state index contributed by atoms with van der Waals surface area (Å²) in [4.78, 5) is 20.6. The minimum Gasteiger partial charge on any atom is -0.464 e. The van der Waals surface area contributed by atoms with E-state index < -0.39 is 5.97 Å². The fraction of sp³-hybridized carbons (Fsp3) is 0.529. The Morgan fingerprint density at radius 2 is 2.05 bits per heavy atom. The topological polar surface area (TPSA) is 45.7 Å². The molecule has 1 saturated heterocycles. The van der Waals surface area contributed by atoms with Crippen LogP contribution in [-0.2, 0) is 4.74 Å². The van der Waals surface area contributed by atoms with Gasteiger partial charge in [-0.2, -0.15) is 0 Å². The van der Waals surface area contributed by atoms with Crippen LogP contribution in [-0.4, -0.2) is 67.6 Å². The van der Waals surface area contributed by atoms with E-state index in [0.717, 1.165) is 44.7 Å². The highest BCUT2D eigenvalue weighted by Gasteiger charge is 2.12. The molecule has 1 aliphatic rings. The van der Waals surface area contributed by atoms with Crippen LogP contribution in [0.25, 0.3) is 0 Å². The Labute approximate surface area is 132 Å². The lowest BCUT2D eigenvalue weighted by molar-refractivity contribution is 0.0593. The van der Waals surface area contributed by atoms with Crippen LogP contribution in [0.4, 0.5) is 0 Å². The minimum absolute atomic E-state index is 0.341. The fourth-order valence-corrected chi connectivity index (χ4v) is 2.34. The van der Waals surface area contributed by atoms with E-state index in [1.807, 2.05) is 19.1 Å². The van der Waals surface area contributed by atoms with Gasteiger partial charge in [-0.05, 0) is 31.5 Å². The van der Waals surface area contributed by atoms with Crippen LogP contribution >= 0.6 is 0 Å². The van der Waals surface area contributed by atoms with Gasteiger partial charge in [0.2, 0.25) is 0 Å². The zero-order chi connectivity index (χ0) is 15.9. The quantitative estimate of drug-likeness (QED) is 0.619. The number of likely N-dealkylation sites (N-methyl/N-ethyl adjacent to an activating group) is 1. The van der Waals surface area contributed by atoms with Crippen molar-refractivity contribution in [2.45, 2.75) is 13.3 Å². The Kier molecular flexibility index (Phi) is 5.93. The molecule has 0 radical (unpaired) electrons. The molecule has 5 nitrogen and oxygen atoms in total. The smallest absolute Gasteiger partial charge is 0.356 e. The zero-order valence-electron chi connectivity index (χ0n) is 13.6. The van der Waals surface area contributed by atoms with Gasteiger partial charge in [-0.3, -0.25) is 4.90 Å². The average Bonchev–Trinajstić information content (AvgIpc) is 2.54. The third-order valence-corrected chi connectivity index (χ3v) is 3.84. The van der Waals surface area contributed by atoms with E-state index in [1.165, 1.54) is 7.11 Å². The first-order valence-electron chi connectivity index (χ1n) is 7.56. The molecule has 0 saturated carbocycles. The van der Waals surface area contributed by atoms with Crippen molar-refractivity contribution in [3.63, 3.8) is 0 Å². The molecule has 5 heteroatoms. The van der Waals surface area contributed by atoms with E-state index in [9.17, 15) is 4.79 Å². The highest BCUT2D eigenvalue weighted by atomic mass is 16.5. The van der Waals surface area contributed by atoms with Gasteiger partial charge in [-0.25, -0.2) is 9.78 Å². The van der Waals surface area contributed by atoms with Crippen molar-refractivity contribution in [2.75, 3.05) is 46.9 Å². The maximum absolute atomic E-state index is 11.6. The van der Waals surface area contributed by atoms with Crippen molar-refractivity contribution in [3.8, 4) is 11.8 Å². The number of hydrogen-bond donors (Lipinski definition) is 0. The third-order valence-electron chi connectivity index (χ3n) is 3.84. The van der Waals surface area contributed by atoms with Crippen LogP contribution < -0.4 is 0 Å². The Hall–Kier alpha value is -1.90. The summed E-state index contributed by atoms with van der Waals surface area (Å²) >= 11 is 0.